The summed E-state index contributed by atoms with van der Waals surface area (Å²) >= 11 is 0. The highest BCUT2D eigenvalue weighted by Gasteiger charge is 2.38. The Morgan fingerprint density at radius 1 is 1.44 bits per heavy atom. The topological polar surface area (TPSA) is 79.7 Å². The Balaban J connectivity index is 2.05. The molecule has 5 N–H and O–H groups in total. The highest BCUT2D eigenvalue weighted by molar-refractivity contribution is 5.74. The highest BCUT2D eigenvalue weighted by atomic mass is 15.6. The van der Waals surface area contributed by atoms with Crippen LogP contribution in [-0.2, 0) is 0 Å². The standard InChI is InChI=1S/C11H19N5/c1-2-3-4-7-11(13)8-14-10-6-5-9(12)15-16(10)11/h5-6,8,15H,2-4,7,12-13H2,1H3. The number of nitrogens with zero attached hydrogens (tertiary/aromatic N) is 2. The SMILES string of the molecule is CCCCCC1(N)C=NC2=CC=C(N)NN21. The molecule has 0 aromatic rings. The summed E-state index contributed by atoms with van der Waals surface area (Å²) in [5.74, 6) is 1.42. The van der Waals surface area contributed by atoms with E-state index in [-0.39, 0.29) is 0 Å². The quantitative estimate of drug-likeness (QED) is 0.613. The molecule has 0 amide bonds. The fraction of sp³-hybridized carbons (Fsp3) is 0.545. The van der Waals surface area contributed by atoms with Gasteiger partial charge in [0.2, 0.25) is 0 Å². The van der Waals surface area contributed by atoms with Gasteiger partial charge in [0.25, 0.3) is 0 Å². The normalized spacial score (nSPS) is 27.2. The number of allylic oxidation sites excluding steroid dienone is 2. The minimum Gasteiger partial charge on any atom is -0.384 e. The smallest absolute Gasteiger partial charge is 0.149 e. The molecule has 0 radical (unpaired) electrons. The van der Waals surface area contributed by atoms with Crippen molar-refractivity contribution in [2.45, 2.75) is 38.3 Å². The van der Waals surface area contributed by atoms with Crippen molar-refractivity contribution in [3.8, 4) is 0 Å². The van der Waals surface area contributed by atoms with Gasteiger partial charge in [-0.25, -0.2) is 10.0 Å². The number of nitrogens with two attached hydrogens (primary N) is 2. The molecule has 0 aliphatic carbocycles. The summed E-state index contributed by atoms with van der Waals surface area (Å²) in [6.07, 6.45) is 9.80. The van der Waals surface area contributed by atoms with E-state index in [1.807, 2.05) is 11.1 Å². The van der Waals surface area contributed by atoms with Crippen LogP contribution in [0.5, 0.6) is 0 Å². The molecule has 0 saturated heterocycles. The van der Waals surface area contributed by atoms with Crippen molar-refractivity contribution in [2.75, 3.05) is 0 Å². The maximum atomic E-state index is 6.31. The molecule has 0 aromatic heterocycles. The van der Waals surface area contributed by atoms with Crippen LogP contribution in [0.2, 0.25) is 0 Å². The van der Waals surface area contributed by atoms with Gasteiger partial charge in [-0.05, 0) is 25.0 Å². The lowest BCUT2D eigenvalue weighted by atomic mass is 10.0. The van der Waals surface area contributed by atoms with Crippen molar-refractivity contribution in [3.63, 3.8) is 0 Å². The first kappa shape index (κ1) is 11.0. The molecule has 1 unspecified atom stereocenters. The molecule has 0 fully saturated rings. The molecular weight excluding hydrogens is 202 g/mol. The van der Waals surface area contributed by atoms with Gasteiger partial charge in [0, 0.05) is 6.21 Å². The van der Waals surface area contributed by atoms with Crippen molar-refractivity contribution >= 4 is 6.21 Å². The molecule has 0 spiro atoms. The molecule has 5 nitrogen and oxygen atoms in total. The van der Waals surface area contributed by atoms with Gasteiger partial charge in [0.05, 0.1) is 0 Å². The number of fused-ring (bicyclic) bond motifs is 1. The van der Waals surface area contributed by atoms with Gasteiger partial charge in [-0.1, -0.05) is 19.8 Å². The van der Waals surface area contributed by atoms with Crippen LogP contribution in [0.3, 0.4) is 0 Å². The van der Waals surface area contributed by atoms with Gasteiger partial charge in [-0.15, -0.1) is 0 Å². The molecule has 2 aliphatic rings. The Labute approximate surface area is 95.9 Å². The maximum absolute atomic E-state index is 6.31. The Kier molecular flexibility index (Phi) is 2.87. The fourth-order valence-electron chi connectivity index (χ4n) is 1.95. The van der Waals surface area contributed by atoms with Crippen LogP contribution >= 0.6 is 0 Å². The lowest BCUT2D eigenvalue weighted by molar-refractivity contribution is 0.151. The van der Waals surface area contributed by atoms with Crippen molar-refractivity contribution < 1.29 is 0 Å². The third-order valence-electron chi connectivity index (χ3n) is 2.90. The number of hydrogen-bond donors (Lipinski definition) is 3. The second-order valence-corrected chi connectivity index (χ2v) is 4.30. The maximum Gasteiger partial charge on any atom is 0.149 e. The van der Waals surface area contributed by atoms with E-state index in [4.69, 9.17) is 11.5 Å². The largest absolute Gasteiger partial charge is 0.384 e. The van der Waals surface area contributed by atoms with Crippen molar-refractivity contribution in [3.05, 3.63) is 23.8 Å². The average molecular weight is 221 g/mol. The zero-order valence-corrected chi connectivity index (χ0v) is 9.61. The molecule has 2 heterocycles. The summed E-state index contributed by atoms with van der Waals surface area (Å²) in [6, 6.07) is 0. The summed E-state index contributed by atoms with van der Waals surface area (Å²) in [5.41, 5.74) is 14.5. The number of nitrogens with one attached hydrogen (secondary N) is 1. The Morgan fingerprint density at radius 2 is 2.25 bits per heavy atom. The van der Waals surface area contributed by atoms with E-state index < -0.39 is 5.66 Å². The lowest BCUT2D eigenvalue weighted by Gasteiger charge is -2.36. The monoisotopic (exact) mass is 221 g/mol. The lowest BCUT2D eigenvalue weighted by Crippen LogP contribution is -2.59. The molecule has 2 rings (SSSR count). The van der Waals surface area contributed by atoms with E-state index in [2.05, 4.69) is 17.3 Å². The van der Waals surface area contributed by atoms with E-state index in [1.54, 1.807) is 12.3 Å². The van der Waals surface area contributed by atoms with Crippen LogP contribution in [-0.4, -0.2) is 16.9 Å². The Hall–Kier alpha value is -1.49. The molecule has 2 aliphatic heterocycles. The molecular formula is C11H19N5. The first-order valence-corrected chi connectivity index (χ1v) is 5.74. The summed E-state index contributed by atoms with van der Waals surface area (Å²) in [4.78, 5) is 4.30. The molecule has 5 heteroatoms. The number of hydrogen-bond acceptors (Lipinski definition) is 5. The van der Waals surface area contributed by atoms with Gasteiger partial charge < -0.3 is 11.5 Å². The Bertz CT molecular complexity index is 357. The molecule has 0 bridgehead atoms. The van der Waals surface area contributed by atoms with Crippen LogP contribution in [0, 0.1) is 0 Å². The number of rotatable bonds is 4. The first-order valence-electron chi connectivity index (χ1n) is 5.74. The minimum absolute atomic E-state index is 0.542. The van der Waals surface area contributed by atoms with Crippen molar-refractivity contribution in [1.82, 2.24) is 10.4 Å². The van der Waals surface area contributed by atoms with Crippen LogP contribution in [0.4, 0.5) is 0 Å². The number of aliphatic imine (C=N–C) groups is 1. The third kappa shape index (κ3) is 1.90. The minimum atomic E-state index is -0.542. The van der Waals surface area contributed by atoms with E-state index in [0.29, 0.717) is 5.82 Å². The van der Waals surface area contributed by atoms with Crippen LogP contribution in [0.1, 0.15) is 32.6 Å². The highest BCUT2D eigenvalue weighted by Crippen LogP contribution is 2.27. The van der Waals surface area contributed by atoms with Gasteiger partial charge in [-0.2, -0.15) is 0 Å². The number of unbranched alkanes of at least 4 members (excludes halogenated alkanes) is 2. The Morgan fingerprint density at radius 3 is 3.00 bits per heavy atom. The molecule has 0 saturated carbocycles. The predicted octanol–water partition coefficient (Wildman–Crippen LogP) is 0.768. The van der Waals surface area contributed by atoms with E-state index in [1.165, 1.54) is 12.8 Å². The summed E-state index contributed by atoms with van der Waals surface area (Å²) in [5, 5.41) is 1.85. The van der Waals surface area contributed by atoms with Crippen LogP contribution in [0.25, 0.3) is 0 Å². The number of hydrazine groups is 1. The van der Waals surface area contributed by atoms with E-state index in [9.17, 15) is 0 Å². The summed E-state index contributed by atoms with van der Waals surface area (Å²) in [7, 11) is 0. The molecule has 0 aromatic carbocycles. The van der Waals surface area contributed by atoms with Gasteiger partial charge >= 0.3 is 0 Å². The zero-order valence-electron chi connectivity index (χ0n) is 9.61. The first-order chi connectivity index (χ1) is 7.65. The van der Waals surface area contributed by atoms with Crippen LogP contribution < -0.4 is 16.9 Å². The van der Waals surface area contributed by atoms with Crippen molar-refractivity contribution in [2.24, 2.45) is 16.5 Å². The second-order valence-electron chi connectivity index (χ2n) is 4.30. The van der Waals surface area contributed by atoms with Gasteiger partial charge in [0.15, 0.2) is 0 Å². The van der Waals surface area contributed by atoms with Crippen molar-refractivity contribution in [1.29, 1.82) is 0 Å². The zero-order chi connectivity index (χ0) is 11.6. The van der Waals surface area contributed by atoms with Crippen LogP contribution in [0.15, 0.2) is 28.8 Å². The fourth-order valence-corrected chi connectivity index (χ4v) is 1.95. The molecule has 1 atom stereocenters. The summed E-state index contributed by atoms with van der Waals surface area (Å²) < 4.78 is 0. The average Bonchev–Trinajstić information content (AvgIpc) is 2.58. The van der Waals surface area contributed by atoms with Gasteiger partial charge in [0.1, 0.15) is 17.3 Å². The van der Waals surface area contributed by atoms with E-state index in [0.717, 1.165) is 18.7 Å². The van der Waals surface area contributed by atoms with Gasteiger partial charge in [-0.3, -0.25) is 5.43 Å². The van der Waals surface area contributed by atoms with E-state index >= 15 is 0 Å². The predicted molar refractivity (Wildman–Crippen MR) is 64.9 cm³/mol. The third-order valence-corrected chi connectivity index (χ3v) is 2.90. The molecule has 16 heavy (non-hydrogen) atoms. The molecule has 88 valence electrons. The summed E-state index contributed by atoms with van der Waals surface area (Å²) in [6.45, 7) is 2.18. The second kappa shape index (κ2) is 4.17.